The van der Waals surface area contributed by atoms with E-state index in [4.69, 9.17) is 14.2 Å². The number of rotatable bonds is 5. The molecule has 0 aromatic heterocycles. The molecular weight excluding hydrogens is 344 g/mol. The van der Waals surface area contributed by atoms with Gasteiger partial charge in [-0.3, -0.25) is 4.79 Å². The number of aryl methyl sites for hydroxylation is 1. The molecule has 0 N–H and O–H groups in total. The van der Waals surface area contributed by atoms with Crippen molar-refractivity contribution in [2.24, 2.45) is 0 Å². The van der Waals surface area contributed by atoms with Crippen LogP contribution in [-0.2, 0) is 14.3 Å². The third-order valence-corrected chi connectivity index (χ3v) is 4.33. The van der Waals surface area contributed by atoms with Crippen LogP contribution >= 0.6 is 0 Å². The number of carbonyl (C=O) groups excluding carboxylic acids is 2. The second kappa shape index (κ2) is 7.91. The van der Waals surface area contributed by atoms with Gasteiger partial charge in [0.05, 0.1) is 7.11 Å². The standard InChI is InChI=1S/C22H20O5/c1-4-16(17-8-6-5-7-14(17)2)21(23)18(22(24)25-3)11-15-9-10-19-20(12-15)27-13-26-19/h4-12H,13H2,1-3H3/b16-4+,18-11+. The van der Waals surface area contributed by atoms with Gasteiger partial charge in [-0.1, -0.05) is 36.4 Å². The van der Waals surface area contributed by atoms with E-state index in [0.29, 0.717) is 22.6 Å². The van der Waals surface area contributed by atoms with Crippen LogP contribution in [0.5, 0.6) is 11.5 Å². The molecule has 0 saturated carbocycles. The average molecular weight is 364 g/mol. The molecule has 1 heterocycles. The van der Waals surface area contributed by atoms with Crippen LogP contribution in [0.2, 0.25) is 0 Å². The van der Waals surface area contributed by atoms with Gasteiger partial charge in [-0.2, -0.15) is 0 Å². The Labute approximate surface area is 157 Å². The van der Waals surface area contributed by atoms with E-state index in [1.54, 1.807) is 31.2 Å². The van der Waals surface area contributed by atoms with Gasteiger partial charge in [-0.25, -0.2) is 4.79 Å². The van der Waals surface area contributed by atoms with Gasteiger partial charge in [-0.05, 0) is 48.7 Å². The van der Waals surface area contributed by atoms with Crippen LogP contribution in [0, 0.1) is 6.92 Å². The number of Topliss-reactive ketones (excluding diaryl/α,β-unsaturated/α-hetero) is 1. The molecule has 0 spiro atoms. The summed E-state index contributed by atoms with van der Waals surface area (Å²) in [6.45, 7) is 3.85. The molecule has 0 radical (unpaired) electrons. The molecule has 0 bridgehead atoms. The normalized spacial score (nSPS) is 13.4. The van der Waals surface area contributed by atoms with Gasteiger partial charge in [-0.15, -0.1) is 0 Å². The van der Waals surface area contributed by atoms with Crippen molar-refractivity contribution in [3.63, 3.8) is 0 Å². The number of esters is 1. The first-order valence-corrected chi connectivity index (χ1v) is 8.51. The zero-order valence-electron chi connectivity index (χ0n) is 15.4. The van der Waals surface area contributed by atoms with E-state index in [2.05, 4.69) is 0 Å². The van der Waals surface area contributed by atoms with Gasteiger partial charge in [0.15, 0.2) is 11.5 Å². The SMILES string of the molecule is C/C=C(/C(=O)/C(=C\c1ccc2c(c1)OCO2)C(=O)OC)c1ccccc1C. The summed E-state index contributed by atoms with van der Waals surface area (Å²) in [6.07, 6.45) is 3.22. The summed E-state index contributed by atoms with van der Waals surface area (Å²) in [4.78, 5) is 25.5. The molecule has 0 unspecified atom stereocenters. The van der Waals surface area contributed by atoms with Gasteiger partial charge in [0.25, 0.3) is 0 Å². The molecule has 0 aliphatic carbocycles. The van der Waals surface area contributed by atoms with Gasteiger partial charge >= 0.3 is 5.97 Å². The summed E-state index contributed by atoms with van der Waals surface area (Å²) in [5, 5.41) is 0. The fourth-order valence-electron chi connectivity index (χ4n) is 2.93. The van der Waals surface area contributed by atoms with Crippen molar-refractivity contribution in [1.82, 2.24) is 0 Å². The van der Waals surface area contributed by atoms with Crippen LogP contribution in [0.15, 0.2) is 54.1 Å². The Kier molecular flexibility index (Phi) is 5.41. The summed E-state index contributed by atoms with van der Waals surface area (Å²) in [7, 11) is 1.26. The van der Waals surface area contributed by atoms with Crippen molar-refractivity contribution in [3.8, 4) is 11.5 Å². The first-order chi connectivity index (χ1) is 13.0. The topological polar surface area (TPSA) is 61.8 Å². The summed E-state index contributed by atoms with van der Waals surface area (Å²) >= 11 is 0. The number of benzene rings is 2. The van der Waals surface area contributed by atoms with Crippen molar-refractivity contribution in [2.45, 2.75) is 13.8 Å². The maximum absolute atomic E-state index is 13.2. The second-order valence-corrected chi connectivity index (χ2v) is 6.01. The summed E-state index contributed by atoms with van der Waals surface area (Å²) in [6, 6.07) is 12.8. The highest BCUT2D eigenvalue weighted by Crippen LogP contribution is 2.33. The summed E-state index contributed by atoms with van der Waals surface area (Å²) in [5.74, 6) is 0.125. The average Bonchev–Trinajstić information content (AvgIpc) is 3.15. The molecule has 3 rings (SSSR count). The van der Waals surface area contributed by atoms with E-state index in [1.165, 1.54) is 13.2 Å². The lowest BCUT2D eigenvalue weighted by molar-refractivity contribution is -0.137. The number of hydrogen-bond acceptors (Lipinski definition) is 5. The maximum atomic E-state index is 13.2. The maximum Gasteiger partial charge on any atom is 0.341 e. The van der Waals surface area contributed by atoms with Crippen molar-refractivity contribution < 1.29 is 23.8 Å². The first-order valence-electron chi connectivity index (χ1n) is 8.51. The largest absolute Gasteiger partial charge is 0.465 e. The van der Waals surface area contributed by atoms with Gasteiger partial charge in [0.2, 0.25) is 12.6 Å². The third kappa shape index (κ3) is 3.77. The Hall–Kier alpha value is -3.34. The predicted octanol–water partition coefficient (Wildman–Crippen LogP) is 3.95. The molecular formula is C22H20O5. The Balaban J connectivity index is 2.03. The second-order valence-electron chi connectivity index (χ2n) is 6.01. The van der Waals surface area contributed by atoms with Crippen LogP contribution < -0.4 is 9.47 Å². The number of ether oxygens (including phenoxy) is 3. The highest BCUT2D eigenvalue weighted by Gasteiger charge is 2.24. The van der Waals surface area contributed by atoms with E-state index in [0.717, 1.165) is 11.1 Å². The number of allylic oxidation sites excluding steroid dienone is 2. The number of fused-ring (bicyclic) bond motifs is 1. The molecule has 2 aromatic carbocycles. The van der Waals surface area contributed by atoms with Crippen LogP contribution in [0.4, 0.5) is 0 Å². The molecule has 138 valence electrons. The van der Waals surface area contributed by atoms with E-state index < -0.39 is 11.8 Å². The minimum Gasteiger partial charge on any atom is -0.465 e. The van der Waals surface area contributed by atoms with Crippen molar-refractivity contribution >= 4 is 23.4 Å². The van der Waals surface area contributed by atoms with Crippen LogP contribution in [-0.4, -0.2) is 25.7 Å². The molecule has 0 fully saturated rings. The van der Waals surface area contributed by atoms with Crippen LogP contribution in [0.25, 0.3) is 11.6 Å². The van der Waals surface area contributed by atoms with E-state index in [1.807, 2.05) is 31.2 Å². The Morgan fingerprint density at radius 3 is 2.52 bits per heavy atom. The van der Waals surface area contributed by atoms with Crippen molar-refractivity contribution in [3.05, 3.63) is 70.8 Å². The van der Waals surface area contributed by atoms with Gasteiger partial charge in [0.1, 0.15) is 5.57 Å². The fraction of sp³-hybridized carbons (Fsp3) is 0.182. The van der Waals surface area contributed by atoms with Crippen LogP contribution in [0.3, 0.4) is 0 Å². The summed E-state index contributed by atoms with van der Waals surface area (Å²) < 4.78 is 15.5. The van der Waals surface area contributed by atoms with Crippen molar-refractivity contribution in [2.75, 3.05) is 13.9 Å². The molecule has 5 nitrogen and oxygen atoms in total. The molecule has 5 heteroatoms. The Morgan fingerprint density at radius 1 is 1.07 bits per heavy atom. The zero-order chi connectivity index (χ0) is 19.4. The van der Waals surface area contributed by atoms with Crippen LogP contribution in [0.1, 0.15) is 23.6 Å². The minimum absolute atomic E-state index is 0.0484. The fourth-order valence-corrected chi connectivity index (χ4v) is 2.93. The van der Waals surface area contributed by atoms with Gasteiger partial charge in [0, 0.05) is 5.57 Å². The van der Waals surface area contributed by atoms with E-state index in [9.17, 15) is 9.59 Å². The smallest absolute Gasteiger partial charge is 0.341 e. The first kappa shape index (κ1) is 18.5. The molecule has 1 aliphatic rings. The highest BCUT2D eigenvalue weighted by atomic mass is 16.7. The van der Waals surface area contributed by atoms with Gasteiger partial charge < -0.3 is 14.2 Å². The third-order valence-electron chi connectivity index (χ3n) is 4.33. The van der Waals surface area contributed by atoms with E-state index in [-0.39, 0.29) is 12.4 Å². The van der Waals surface area contributed by atoms with E-state index >= 15 is 0 Å². The molecule has 0 atom stereocenters. The Morgan fingerprint density at radius 2 is 1.81 bits per heavy atom. The predicted molar refractivity (Wildman–Crippen MR) is 102 cm³/mol. The minimum atomic E-state index is -0.689. The molecule has 0 saturated heterocycles. The lowest BCUT2D eigenvalue weighted by Gasteiger charge is -2.11. The number of methoxy groups -OCH3 is 1. The zero-order valence-corrected chi connectivity index (χ0v) is 15.4. The Bertz CT molecular complexity index is 953. The molecule has 2 aromatic rings. The van der Waals surface area contributed by atoms with Crippen molar-refractivity contribution in [1.29, 1.82) is 0 Å². The number of hydrogen-bond donors (Lipinski definition) is 0. The monoisotopic (exact) mass is 364 g/mol. The lowest BCUT2D eigenvalue weighted by atomic mass is 9.92. The molecule has 0 amide bonds. The molecule has 27 heavy (non-hydrogen) atoms. The highest BCUT2D eigenvalue weighted by molar-refractivity contribution is 6.38. The quantitative estimate of drug-likeness (QED) is 0.348. The molecule has 1 aliphatic heterocycles. The number of carbonyl (C=O) groups is 2. The number of ketones is 1. The lowest BCUT2D eigenvalue weighted by Crippen LogP contribution is -2.16. The summed E-state index contributed by atoms with van der Waals surface area (Å²) in [5.41, 5.74) is 2.78.